The highest BCUT2D eigenvalue weighted by molar-refractivity contribution is 5.91. The normalized spacial score (nSPS) is 11.5. The van der Waals surface area contributed by atoms with Gasteiger partial charge in [-0.2, -0.15) is 0 Å². The Bertz CT molecular complexity index is 893. The zero-order valence-electron chi connectivity index (χ0n) is 14.2. The molecule has 2 heterocycles. The molecule has 0 aliphatic carbocycles. The van der Waals surface area contributed by atoms with Gasteiger partial charge in [-0.3, -0.25) is 14.3 Å². The van der Waals surface area contributed by atoms with Crippen LogP contribution in [-0.2, 0) is 4.79 Å². The SMILES string of the molecule is CC(=O)Nc1ccc2c(c1)ncn2-c1cncc(NC(C)(C)C)n1. The van der Waals surface area contributed by atoms with Crippen LogP contribution >= 0.6 is 0 Å². The van der Waals surface area contributed by atoms with Crippen molar-refractivity contribution in [1.29, 1.82) is 0 Å². The lowest BCUT2D eigenvalue weighted by atomic mass is 10.1. The Kier molecular flexibility index (Phi) is 3.92. The van der Waals surface area contributed by atoms with Gasteiger partial charge in [-0.05, 0) is 39.0 Å². The molecular weight excluding hydrogens is 304 g/mol. The first kappa shape index (κ1) is 15.9. The molecule has 0 unspecified atom stereocenters. The summed E-state index contributed by atoms with van der Waals surface area (Å²) in [5, 5.41) is 6.06. The van der Waals surface area contributed by atoms with Gasteiger partial charge in [0.2, 0.25) is 5.91 Å². The Labute approximate surface area is 140 Å². The molecule has 0 saturated carbocycles. The maximum Gasteiger partial charge on any atom is 0.221 e. The molecule has 3 aromatic rings. The van der Waals surface area contributed by atoms with Gasteiger partial charge in [-0.1, -0.05) is 0 Å². The fourth-order valence-corrected chi connectivity index (χ4v) is 2.39. The fraction of sp³-hybridized carbons (Fsp3) is 0.294. The zero-order chi connectivity index (χ0) is 17.3. The second-order valence-corrected chi connectivity index (χ2v) is 6.64. The average molecular weight is 324 g/mol. The van der Waals surface area contributed by atoms with Gasteiger partial charge >= 0.3 is 0 Å². The van der Waals surface area contributed by atoms with Gasteiger partial charge in [0.1, 0.15) is 12.1 Å². The minimum atomic E-state index is -0.111. The van der Waals surface area contributed by atoms with E-state index in [0.29, 0.717) is 11.6 Å². The minimum Gasteiger partial charge on any atom is -0.364 e. The van der Waals surface area contributed by atoms with Crippen LogP contribution in [0.5, 0.6) is 0 Å². The zero-order valence-corrected chi connectivity index (χ0v) is 14.2. The molecule has 0 aliphatic heterocycles. The van der Waals surface area contributed by atoms with Crippen LogP contribution in [0.2, 0.25) is 0 Å². The van der Waals surface area contributed by atoms with E-state index in [1.165, 1.54) is 6.92 Å². The number of imidazole rings is 1. The summed E-state index contributed by atoms with van der Waals surface area (Å²) in [4.78, 5) is 24.4. The number of nitrogens with zero attached hydrogens (tertiary/aromatic N) is 4. The van der Waals surface area contributed by atoms with Crippen molar-refractivity contribution < 1.29 is 4.79 Å². The van der Waals surface area contributed by atoms with E-state index in [1.54, 1.807) is 18.7 Å². The molecule has 0 bridgehead atoms. The molecular formula is C17H20N6O. The molecule has 0 aliphatic rings. The van der Waals surface area contributed by atoms with Crippen molar-refractivity contribution in [2.24, 2.45) is 0 Å². The van der Waals surface area contributed by atoms with Crippen molar-refractivity contribution in [3.05, 3.63) is 36.9 Å². The van der Waals surface area contributed by atoms with Crippen molar-refractivity contribution in [3.63, 3.8) is 0 Å². The summed E-state index contributed by atoms with van der Waals surface area (Å²) in [6, 6.07) is 5.57. The molecule has 124 valence electrons. The molecule has 1 amide bonds. The summed E-state index contributed by atoms with van der Waals surface area (Å²) in [5.74, 6) is 1.27. The second-order valence-electron chi connectivity index (χ2n) is 6.64. The van der Waals surface area contributed by atoms with E-state index in [0.717, 1.165) is 16.7 Å². The van der Waals surface area contributed by atoms with Crippen LogP contribution in [0.15, 0.2) is 36.9 Å². The van der Waals surface area contributed by atoms with Crippen molar-refractivity contribution >= 4 is 28.4 Å². The maximum atomic E-state index is 11.2. The number of hydrogen-bond donors (Lipinski definition) is 2. The summed E-state index contributed by atoms with van der Waals surface area (Å²) in [7, 11) is 0. The van der Waals surface area contributed by atoms with E-state index >= 15 is 0 Å². The number of nitrogens with one attached hydrogen (secondary N) is 2. The van der Waals surface area contributed by atoms with E-state index in [4.69, 9.17) is 0 Å². The highest BCUT2D eigenvalue weighted by Crippen LogP contribution is 2.21. The fourth-order valence-electron chi connectivity index (χ4n) is 2.39. The standard InChI is InChI=1S/C17H20N6O/c1-11(24)20-12-5-6-14-13(7-12)19-10-23(14)16-9-18-8-15(21-16)22-17(2,3)4/h5-10H,1-4H3,(H,20,24)(H,21,22). The van der Waals surface area contributed by atoms with Crippen LogP contribution in [0.4, 0.5) is 11.5 Å². The molecule has 3 rings (SSSR count). The Morgan fingerprint density at radius 1 is 1.21 bits per heavy atom. The van der Waals surface area contributed by atoms with Gasteiger partial charge in [0, 0.05) is 18.2 Å². The van der Waals surface area contributed by atoms with Gasteiger partial charge in [-0.25, -0.2) is 9.97 Å². The van der Waals surface area contributed by atoms with Gasteiger partial charge < -0.3 is 10.6 Å². The maximum absolute atomic E-state index is 11.2. The third-order valence-corrected chi connectivity index (χ3v) is 3.24. The molecule has 2 N–H and O–H groups in total. The van der Waals surface area contributed by atoms with Gasteiger partial charge in [0.15, 0.2) is 5.82 Å². The lowest BCUT2D eigenvalue weighted by Crippen LogP contribution is -2.26. The lowest BCUT2D eigenvalue weighted by Gasteiger charge is -2.21. The Hall–Kier alpha value is -2.96. The van der Waals surface area contributed by atoms with E-state index in [2.05, 4.69) is 46.4 Å². The summed E-state index contributed by atoms with van der Waals surface area (Å²) in [5.41, 5.74) is 2.29. The third kappa shape index (κ3) is 3.51. The van der Waals surface area contributed by atoms with Crippen molar-refractivity contribution in [1.82, 2.24) is 19.5 Å². The predicted octanol–water partition coefficient (Wildman–Crippen LogP) is 2.98. The molecule has 7 heteroatoms. The largest absolute Gasteiger partial charge is 0.364 e. The van der Waals surface area contributed by atoms with E-state index in [1.807, 2.05) is 22.8 Å². The highest BCUT2D eigenvalue weighted by atomic mass is 16.1. The monoisotopic (exact) mass is 324 g/mol. The minimum absolute atomic E-state index is 0.0996. The molecule has 0 spiro atoms. The molecule has 0 atom stereocenters. The number of carbonyl (C=O) groups excluding carboxylic acids is 1. The van der Waals surface area contributed by atoms with Crippen LogP contribution in [0, 0.1) is 0 Å². The first-order chi connectivity index (χ1) is 11.3. The summed E-state index contributed by atoms with van der Waals surface area (Å²) in [6.45, 7) is 7.68. The molecule has 0 saturated heterocycles. The number of carbonyl (C=O) groups is 1. The smallest absolute Gasteiger partial charge is 0.221 e. The van der Waals surface area contributed by atoms with Crippen LogP contribution in [0.3, 0.4) is 0 Å². The number of hydrogen-bond acceptors (Lipinski definition) is 5. The lowest BCUT2D eigenvalue weighted by molar-refractivity contribution is -0.114. The molecule has 1 aromatic carbocycles. The van der Waals surface area contributed by atoms with E-state index in [-0.39, 0.29) is 11.4 Å². The summed E-state index contributed by atoms with van der Waals surface area (Å²) in [6.07, 6.45) is 5.09. The quantitative estimate of drug-likeness (QED) is 0.773. The summed E-state index contributed by atoms with van der Waals surface area (Å²) < 4.78 is 1.87. The predicted molar refractivity (Wildman–Crippen MR) is 94.3 cm³/mol. The van der Waals surface area contributed by atoms with Crippen molar-refractivity contribution in [3.8, 4) is 5.82 Å². The number of amides is 1. The third-order valence-electron chi connectivity index (χ3n) is 3.24. The van der Waals surface area contributed by atoms with Crippen molar-refractivity contribution in [2.45, 2.75) is 33.2 Å². The molecule has 0 radical (unpaired) electrons. The summed E-state index contributed by atoms with van der Waals surface area (Å²) >= 11 is 0. The number of anilines is 2. The van der Waals surface area contributed by atoms with Gasteiger partial charge in [0.25, 0.3) is 0 Å². The van der Waals surface area contributed by atoms with Gasteiger partial charge in [0.05, 0.1) is 23.4 Å². The van der Waals surface area contributed by atoms with Crippen LogP contribution in [0.1, 0.15) is 27.7 Å². The average Bonchev–Trinajstić information content (AvgIpc) is 2.88. The highest BCUT2D eigenvalue weighted by Gasteiger charge is 2.12. The number of fused-ring (bicyclic) bond motifs is 1. The molecule has 24 heavy (non-hydrogen) atoms. The molecule has 7 nitrogen and oxygen atoms in total. The van der Waals surface area contributed by atoms with E-state index < -0.39 is 0 Å². The Balaban J connectivity index is 1.98. The Morgan fingerprint density at radius 3 is 2.71 bits per heavy atom. The number of aromatic nitrogens is 4. The second kappa shape index (κ2) is 5.92. The van der Waals surface area contributed by atoms with E-state index in [9.17, 15) is 4.79 Å². The Morgan fingerprint density at radius 2 is 2.00 bits per heavy atom. The van der Waals surface area contributed by atoms with Gasteiger partial charge in [-0.15, -0.1) is 0 Å². The first-order valence-electron chi connectivity index (χ1n) is 7.67. The number of benzene rings is 1. The van der Waals surface area contributed by atoms with Crippen LogP contribution in [-0.4, -0.2) is 31.0 Å². The topological polar surface area (TPSA) is 84.7 Å². The molecule has 0 fully saturated rings. The molecule has 2 aromatic heterocycles. The number of rotatable bonds is 3. The van der Waals surface area contributed by atoms with Crippen molar-refractivity contribution in [2.75, 3.05) is 10.6 Å². The van der Waals surface area contributed by atoms with Crippen LogP contribution in [0.25, 0.3) is 16.9 Å². The van der Waals surface area contributed by atoms with Crippen LogP contribution < -0.4 is 10.6 Å². The first-order valence-corrected chi connectivity index (χ1v) is 7.67.